The lowest BCUT2D eigenvalue weighted by atomic mass is 10.1. The third kappa shape index (κ3) is 3.75. The number of fused-ring (bicyclic) bond motifs is 1. The Labute approximate surface area is 175 Å². The normalized spacial score (nSPS) is 14.2. The van der Waals surface area contributed by atoms with E-state index in [-0.39, 0.29) is 11.5 Å². The summed E-state index contributed by atoms with van der Waals surface area (Å²) in [5, 5.41) is 5.61. The molecule has 1 aliphatic rings. The number of carbonyl (C=O) groups is 1. The Kier molecular flexibility index (Phi) is 5.70. The molecular weight excluding hydrogens is 380 g/mol. The number of rotatable bonds is 5. The van der Waals surface area contributed by atoms with Crippen LogP contribution in [0.1, 0.15) is 23.8 Å². The number of piperazine rings is 1. The highest BCUT2D eigenvalue weighted by Gasteiger charge is 2.26. The minimum atomic E-state index is -0.146. The zero-order valence-electron chi connectivity index (χ0n) is 17.4. The van der Waals surface area contributed by atoms with Gasteiger partial charge in [-0.2, -0.15) is 5.10 Å². The van der Waals surface area contributed by atoms with E-state index in [1.54, 1.807) is 19.2 Å². The van der Waals surface area contributed by atoms with Crippen molar-refractivity contribution in [3.8, 4) is 5.75 Å². The van der Waals surface area contributed by atoms with Crippen molar-refractivity contribution in [3.05, 3.63) is 64.6 Å². The largest absolute Gasteiger partial charge is 0.497 e. The van der Waals surface area contributed by atoms with Crippen LogP contribution in [0.4, 0.5) is 5.69 Å². The van der Waals surface area contributed by atoms with Crippen LogP contribution in [0.3, 0.4) is 0 Å². The lowest BCUT2D eigenvalue weighted by Gasteiger charge is -2.36. The molecule has 1 aromatic heterocycles. The van der Waals surface area contributed by atoms with Crippen LogP contribution in [-0.4, -0.2) is 53.9 Å². The van der Waals surface area contributed by atoms with Gasteiger partial charge in [0.2, 0.25) is 0 Å². The maximum absolute atomic E-state index is 13.3. The molecule has 1 fully saturated rings. The SMILES string of the molecule is CCCn1nc(C(=O)N2CCN(c3cccc(OC)c3)CC2)c2ccccc2c1=O. The number of hydrogen-bond donors (Lipinski definition) is 0. The van der Waals surface area contributed by atoms with E-state index in [9.17, 15) is 9.59 Å². The molecule has 3 aromatic rings. The third-order valence-electron chi connectivity index (χ3n) is 5.49. The van der Waals surface area contributed by atoms with E-state index in [1.165, 1.54) is 4.68 Å². The molecule has 1 saturated heterocycles. The van der Waals surface area contributed by atoms with E-state index in [1.807, 2.05) is 42.2 Å². The Hall–Kier alpha value is -3.35. The summed E-state index contributed by atoms with van der Waals surface area (Å²) >= 11 is 0. The summed E-state index contributed by atoms with van der Waals surface area (Å²) in [6.45, 7) is 5.13. The van der Waals surface area contributed by atoms with E-state index in [0.29, 0.717) is 36.1 Å². The van der Waals surface area contributed by atoms with Gasteiger partial charge in [-0.1, -0.05) is 31.2 Å². The fourth-order valence-corrected chi connectivity index (χ4v) is 3.88. The molecule has 2 heterocycles. The van der Waals surface area contributed by atoms with Crippen molar-refractivity contribution in [1.29, 1.82) is 0 Å². The highest BCUT2D eigenvalue weighted by molar-refractivity contribution is 6.04. The Morgan fingerprint density at radius 3 is 2.47 bits per heavy atom. The van der Waals surface area contributed by atoms with E-state index >= 15 is 0 Å². The smallest absolute Gasteiger partial charge is 0.275 e. The van der Waals surface area contributed by atoms with Gasteiger partial charge < -0.3 is 14.5 Å². The van der Waals surface area contributed by atoms with Crippen LogP contribution in [0.25, 0.3) is 10.8 Å². The number of aryl methyl sites for hydroxylation is 1. The van der Waals surface area contributed by atoms with Crippen molar-refractivity contribution in [1.82, 2.24) is 14.7 Å². The van der Waals surface area contributed by atoms with Crippen molar-refractivity contribution >= 4 is 22.4 Å². The summed E-state index contributed by atoms with van der Waals surface area (Å²) in [6.07, 6.45) is 0.776. The highest BCUT2D eigenvalue weighted by atomic mass is 16.5. The zero-order chi connectivity index (χ0) is 21.1. The molecule has 1 aliphatic heterocycles. The van der Waals surface area contributed by atoms with Gasteiger partial charge in [0.15, 0.2) is 5.69 Å². The summed E-state index contributed by atoms with van der Waals surface area (Å²) in [7, 11) is 1.66. The van der Waals surface area contributed by atoms with Crippen LogP contribution in [-0.2, 0) is 6.54 Å². The van der Waals surface area contributed by atoms with Crippen LogP contribution in [0.2, 0.25) is 0 Å². The molecule has 2 aromatic carbocycles. The van der Waals surface area contributed by atoms with E-state index in [0.717, 1.165) is 30.9 Å². The molecule has 0 saturated carbocycles. The first kappa shape index (κ1) is 19.9. The molecule has 0 atom stereocenters. The number of nitrogens with zero attached hydrogens (tertiary/aromatic N) is 4. The first-order chi connectivity index (χ1) is 14.6. The van der Waals surface area contributed by atoms with E-state index in [2.05, 4.69) is 16.1 Å². The molecule has 7 heteroatoms. The summed E-state index contributed by atoms with van der Waals surface area (Å²) in [6, 6.07) is 15.2. The standard InChI is InChI=1S/C23H26N4O3/c1-3-11-27-22(28)20-10-5-4-9-19(20)21(24-27)23(29)26-14-12-25(13-15-26)17-7-6-8-18(16-17)30-2/h4-10,16H,3,11-15H2,1-2H3. The minimum Gasteiger partial charge on any atom is -0.497 e. The van der Waals surface area contributed by atoms with Gasteiger partial charge in [-0.05, 0) is 24.6 Å². The molecule has 0 N–H and O–H groups in total. The van der Waals surface area contributed by atoms with Crippen molar-refractivity contribution in [2.24, 2.45) is 0 Å². The lowest BCUT2D eigenvalue weighted by Crippen LogP contribution is -2.49. The summed E-state index contributed by atoms with van der Waals surface area (Å²) in [5.41, 5.74) is 1.29. The molecule has 156 valence electrons. The van der Waals surface area contributed by atoms with Gasteiger partial charge in [0.05, 0.1) is 12.5 Å². The first-order valence-corrected chi connectivity index (χ1v) is 10.3. The number of aromatic nitrogens is 2. The number of benzene rings is 2. The second-order valence-electron chi connectivity index (χ2n) is 7.40. The van der Waals surface area contributed by atoms with Crippen molar-refractivity contribution in [2.75, 3.05) is 38.2 Å². The molecule has 7 nitrogen and oxygen atoms in total. The van der Waals surface area contributed by atoms with Gasteiger partial charge in [-0.15, -0.1) is 0 Å². The summed E-state index contributed by atoms with van der Waals surface area (Å²) in [5.74, 6) is 0.696. The van der Waals surface area contributed by atoms with Crippen molar-refractivity contribution in [2.45, 2.75) is 19.9 Å². The molecular formula is C23H26N4O3. The molecule has 0 bridgehead atoms. The van der Waals surface area contributed by atoms with Gasteiger partial charge in [0.25, 0.3) is 11.5 Å². The molecule has 0 aliphatic carbocycles. The maximum Gasteiger partial charge on any atom is 0.275 e. The average molecular weight is 406 g/mol. The van der Waals surface area contributed by atoms with Crippen molar-refractivity contribution < 1.29 is 9.53 Å². The molecule has 1 amide bonds. The third-order valence-corrected chi connectivity index (χ3v) is 5.49. The number of methoxy groups -OCH3 is 1. The van der Waals surface area contributed by atoms with Gasteiger partial charge in [-0.3, -0.25) is 9.59 Å². The lowest BCUT2D eigenvalue weighted by molar-refractivity contribution is 0.0740. The quantitative estimate of drug-likeness (QED) is 0.652. The van der Waals surface area contributed by atoms with Gasteiger partial charge in [-0.25, -0.2) is 4.68 Å². The number of anilines is 1. The Bertz CT molecular complexity index is 1120. The topological polar surface area (TPSA) is 67.7 Å². The van der Waals surface area contributed by atoms with Crippen LogP contribution < -0.4 is 15.2 Å². The van der Waals surface area contributed by atoms with Gasteiger partial charge in [0, 0.05) is 49.9 Å². The van der Waals surface area contributed by atoms with Crippen LogP contribution in [0.15, 0.2) is 53.3 Å². The van der Waals surface area contributed by atoms with Crippen molar-refractivity contribution in [3.63, 3.8) is 0 Å². The Morgan fingerprint density at radius 1 is 1.03 bits per heavy atom. The minimum absolute atomic E-state index is 0.124. The number of carbonyl (C=O) groups excluding carboxylic acids is 1. The number of amides is 1. The molecule has 0 unspecified atom stereocenters. The first-order valence-electron chi connectivity index (χ1n) is 10.3. The van der Waals surface area contributed by atoms with Crippen LogP contribution in [0, 0.1) is 0 Å². The second-order valence-corrected chi connectivity index (χ2v) is 7.40. The Morgan fingerprint density at radius 2 is 1.77 bits per heavy atom. The monoisotopic (exact) mass is 406 g/mol. The van der Waals surface area contributed by atoms with Crippen LogP contribution >= 0.6 is 0 Å². The Balaban J connectivity index is 1.58. The van der Waals surface area contributed by atoms with Gasteiger partial charge >= 0.3 is 0 Å². The predicted octanol–water partition coefficient (Wildman–Crippen LogP) is 2.78. The predicted molar refractivity (Wildman–Crippen MR) is 117 cm³/mol. The molecule has 4 rings (SSSR count). The maximum atomic E-state index is 13.3. The highest BCUT2D eigenvalue weighted by Crippen LogP contribution is 2.23. The number of ether oxygens (including phenoxy) is 1. The number of hydrogen-bond acceptors (Lipinski definition) is 5. The zero-order valence-corrected chi connectivity index (χ0v) is 17.4. The van der Waals surface area contributed by atoms with Gasteiger partial charge in [0.1, 0.15) is 5.75 Å². The second kappa shape index (κ2) is 8.57. The summed E-state index contributed by atoms with van der Waals surface area (Å²) < 4.78 is 6.74. The molecule has 30 heavy (non-hydrogen) atoms. The molecule has 0 radical (unpaired) electrons. The van der Waals surface area contributed by atoms with E-state index in [4.69, 9.17) is 4.74 Å². The molecule has 0 spiro atoms. The fraction of sp³-hybridized carbons (Fsp3) is 0.348. The fourth-order valence-electron chi connectivity index (χ4n) is 3.88. The average Bonchev–Trinajstić information content (AvgIpc) is 2.81. The van der Waals surface area contributed by atoms with E-state index < -0.39 is 0 Å². The van der Waals surface area contributed by atoms with Crippen LogP contribution in [0.5, 0.6) is 5.75 Å². The summed E-state index contributed by atoms with van der Waals surface area (Å²) in [4.78, 5) is 30.1.